The van der Waals surface area contributed by atoms with Crippen LogP contribution in [0.2, 0.25) is 0 Å². The Morgan fingerprint density at radius 1 is 1.50 bits per heavy atom. The van der Waals surface area contributed by atoms with Crippen molar-refractivity contribution in [2.75, 3.05) is 13.6 Å². The van der Waals surface area contributed by atoms with Crippen molar-refractivity contribution in [3.8, 4) is 11.8 Å². The SMILES string of the molecule is C=C(CC)N(C)CC#CC(C)C. The molecule has 0 atom stereocenters. The molecule has 0 spiro atoms. The summed E-state index contributed by atoms with van der Waals surface area (Å²) in [6, 6.07) is 0. The number of hydrogen-bond acceptors (Lipinski definition) is 1. The van der Waals surface area contributed by atoms with Gasteiger partial charge in [-0.15, -0.1) is 0 Å². The first-order valence-corrected chi connectivity index (χ1v) is 4.45. The van der Waals surface area contributed by atoms with E-state index in [1.54, 1.807) is 0 Å². The summed E-state index contributed by atoms with van der Waals surface area (Å²) in [4.78, 5) is 2.09. The molecule has 1 nitrogen and oxygen atoms in total. The maximum Gasteiger partial charge on any atom is 0.0788 e. The van der Waals surface area contributed by atoms with Crippen molar-refractivity contribution in [3.05, 3.63) is 12.3 Å². The maximum atomic E-state index is 3.93. The minimum absolute atomic E-state index is 0.466. The van der Waals surface area contributed by atoms with Gasteiger partial charge in [0.2, 0.25) is 0 Å². The quantitative estimate of drug-likeness (QED) is 0.581. The lowest BCUT2D eigenvalue weighted by Gasteiger charge is -2.16. The van der Waals surface area contributed by atoms with Crippen LogP contribution in [-0.4, -0.2) is 18.5 Å². The topological polar surface area (TPSA) is 3.24 Å². The average Bonchev–Trinajstić information content (AvgIpc) is 2.02. The zero-order valence-corrected chi connectivity index (χ0v) is 8.65. The van der Waals surface area contributed by atoms with Crippen LogP contribution in [0.3, 0.4) is 0 Å². The van der Waals surface area contributed by atoms with E-state index >= 15 is 0 Å². The van der Waals surface area contributed by atoms with Crippen molar-refractivity contribution in [1.82, 2.24) is 4.90 Å². The van der Waals surface area contributed by atoms with Gasteiger partial charge in [-0.1, -0.05) is 39.2 Å². The predicted molar refractivity (Wildman–Crippen MR) is 54.7 cm³/mol. The third-order valence-electron chi connectivity index (χ3n) is 1.65. The van der Waals surface area contributed by atoms with Gasteiger partial charge in [-0.2, -0.15) is 0 Å². The van der Waals surface area contributed by atoms with Crippen LogP contribution in [-0.2, 0) is 0 Å². The Bertz CT molecular complexity index is 193. The molecule has 0 fully saturated rings. The lowest BCUT2D eigenvalue weighted by Crippen LogP contribution is -2.16. The first kappa shape index (κ1) is 11.1. The molecule has 68 valence electrons. The summed E-state index contributed by atoms with van der Waals surface area (Å²) in [6.45, 7) is 11.0. The van der Waals surface area contributed by atoms with Gasteiger partial charge in [0.1, 0.15) is 0 Å². The Kier molecular flexibility index (Phi) is 5.28. The van der Waals surface area contributed by atoms with Crippen molar-refractivity contribution in [2.24, 2.45) is 5.92 Å². The summed E-state index contributed by atoms with van der Waals surface area (Å²) < 4.78 is 0. The molecule has 0 aromatic heterocycles. The van der Waals surface area contributed by atoms with Crippen LogP contribution in [0.4, 0.5) is 0 Å². The highest BCUT2D eigenvalue weighted by atomic mass is 15.1. The van der Waals surface area contributed by atoms with Gasteiger partial charge in [-0.05, 0) is 6.42 Å². The minimum atomic E-state index is 0.466. The van der Waals surface area contributed by atoms with Crippen LogP contribution in [0.15, 0.2) is 12.3 Å². The Morgan fingerprint density at radius 2 is 2.08 bits per heavy atom. The van der Waals surface area contributed by atoms with Crippen LogP contribution in [0, 0.1) is 17.8 Å². The Labute approximate surface area is 76.5 Å². The maximum absolute atomic E-state index is 3.93. The predicted octanol–water partition coefficient (Wildman–Crippen LogP) is 2.50. The van der Waals surface area contributed by atoms with E-state index in [4.69, 9.17) is 0 Å². The molecule has 0 saturated carbocycles. The van der Waals surface area contributed by atoms with Gasteiger partial charge in [0.15, 0.2) is 0 Å². The van der Waals surface area contributed by atoms with E-state index in [0.29, 0.717) is 5.92 Å². The summed E-state index contributed by atoms with van der Waals surface area (Å²) in [5.74, 6) is 6.70. The molecule has 0 aliphatic rings. The van der Waals surface area contributed by atoms with Crippen LogP contribution in [0.1, 0.15) is 27.2 Å². The summed E-state index contributed by atoms with van der Waals surface area (Å²) in [5.41, 5.74) is 1.15. The van der Waals surface area contributed by atoms with E-state index in [1.165, 1.54) is 0 Å². The highest BCUT2D eigenvalue weighted by Gasteiger charge is 1.95. The second-order valence-electron chi connectivity index (χ2n) is 3.25. The third-order valence-corrected chi connectivity index (χ3v) is 1.65. The molecule has 12 heavy (non-hydrogen) atoms. The van der Waals surface area contributed by atoms with E-state index in [0.717, 1.165) is 18.7 Å². The van der Waals surface area contributed by atoms with E-state index in [1.807, 2.05) is 7.05 Å². The van der Waals surface area contributed by atoms with Crippen LogP contribution in [0.25, 0.3) is 0 Å². The molecule has 0 bridgehead atoms. The van der Waals surface area contributed by atoms with Gasteiger partial charge in [0, 0.05) is 18.7 Å². The summed E-state index contributed by atoms with van der Waals surface area (Å²) >= 11 is 0. The van der Waals surface area contributed by atoms with E-state index in [9.17, 15) is 0 Å². The van der Waals surface area contributed by atoms with Crippen molar-refractivity contribution in [2.45, 2.75) is 27.2 Å². The standard InChI is InChI=1S/C11H19N/c1-6-11(4)12(5)9-7-8-10(2)3/h10H,4,6,9H2,1-3,5H3. The summed E-state index contributed by atoms with van der Waals surface area (Å²) in [5, 5.41) is 0. The number of nitrogens with zero attached hydrogens (tertiary/aromatic N) is 1. The molecule has 0 radical (unpaired) electrons. The first-order valence-electron chi connectivity index (χ1n) is 4.45. The molecule has 1 heteroatoms. The molecule has 0 aromatic carbocycles. The summed E-state index contributed by atoms with van der Waals surface area (Å²) in [7, 11) is 2.03. The highest BCUT2D eigenvalue weighted by molar-refractivity contribution is 5.06. The molecule has 0 amide bonds. The largest absolute Gasteiger partial charge is 0.367 e. The van der Waals surface area contributed by atoms with E-state index < -0.39 is 0 Å². The fourth-order valence-electron chi connectivity index (χ4n) is 0.750. The molecular formula is C11H19N. The van der Waals surface area contributed by atoms with E-state index in [2.05, 4.69) is 44.1 Å². The Balaban J connectivity index is 3.80. The molecular weight excluding hydrogens is 146 g/mol. The van der Waals surface area contributed by atoms with Gasteiger partial charge in [-0.3, -0.25) is 0 Å². The Morgan fingerprint density at radius 3 is 2.50 bits per heavy atom. The first-order chi connectivity index (χ1) is 5.57. The number of hydrogen-bond donors (Lipinski definition) is 0. The van der Waals surface area contributed by atoms with E-state index in [-0.39, 0.29) is 0 Å². The van der Waals surface area contributed by atoms with Gasteiger partial charge in [0.05, 0.1) is 6.54 Å². The molecule has 0 rings (SSSR count). The highest BCUT2D eigenvalue weighted by Crippen LogP contribution is 2.00. The van der Waals surface area contributed by atoms with Crippen LogP contribution < -0.4 is 0 Å². The molecule has 0 N–H and O–H groups in total. The number of rotatable bonds is 3. The lowest BCUT2D eigenvalue weighted by atomic mass is 10.2. The second-order valence-corrected chi connectivity index (χ2v) is 3.25. The van der Waals surface area contributed by atoms with Crippen molar-refractivity contribution in [3.63, 3.8) is 0 Å². The number of allylic oxidation sites excluding steroid dienone is 1. The average molecular weight is 165 g/mol. The molecule has 0 aromatic rings. The minimum Gasteiger partial charge on any atom is -0.367 e. The van der Waals surface area contributed by atoms with Gasteiger partial charge >= 0.3 is 0 Å². The van der Waals surface area contributed by atoms with Crippen molar-refractivity contribution in [1.29, 1.82) is 0 Å². The van der Waals surface area contributed by atoms with Gasteiger partial charge < -0.3 is 4.90 Å². The Hall–Kier alpha value is -0.900. The van der Waals surface area contributed by atoms with Crippen LogP contribution >= 0.6 is 0 Å². The molecule has 0 heterocycles. The fourth-order valence-corrected chi connectivity index (χ4v) is 0.750. The smallest absolute Gasteiger partial charge is 0.0788 e. The molecule has 0 aliphatic carbocycles. The monoisotopic (exact) mass is 165 g/mol. The van der Waals surface area contributed by atoms with Crippen LogP contribution in [0.5, 0.6) is 0 Å². The molecule has 0 saturated heterocycles. The zero-order valence-electron chi connectivity index (χ0n) is 8.65. The molecule has 0 aliphatic heterocycles. The van der Waals surface area contributed by atoms with Gasteiger partial charge in [0.25, 0.3) is 0 Å². The third kappa shape index (κ3) is 4.85. The molecule has 0 unspecified atom stereocenters. The van der Waals surface area contributed by atoms with Gasteiger partial charge in [-0.25, -0.2) is 0 Å². The van der Waals surface area contributed by atoms with Crippen molar-refractivity contribution >= 4 is 0 Å². The summed E-state index contributed by atoms with van der Waals surface area (Å²) in [6.07, 6.45) is 1.000. The normalized spacial score (nSPS) is 9.08. The lowest BCUT2D eigenvalue weighted by molar-refractivity contribution is 0.458. The second kappa shape index (κ2) is 5.71. The fraction of sp³-hybridized carbons (Fsp3) is 0.636. The zero-order chi connectivity index (χ0) is 9.56. The van der Waals surface area contributed by atoms with Crippen molar-refractivity contribution < 1.29 is 0 Å².